The van der Waals surface area contributed by atoms with Crippen molar-refractivity contribution < 1.29 is 4.79 Å². The Morgan fingerprint density at radius 1 is 1.29 bits per heavy atom. The summed E-state index contributed by atoms with van der Waals surface area (Å²) in [5, 5.41) is 13.7. The maximum Gasteiger partial charge on any atom is 0.272 e. The summed E-state index contributed by atoms with van der Waals surface area (Å²) < 4.78 is 0. The Balaban J connectivity index is 2.03. The molecule has 1 aliphatic rings. The molecule has 1 heterocycles. The van der Waals surface area contributed by atoms with Crippen molar-refractivity contribution in [2.75, 3.05) is 12.4 Å². The summed E-state index contributed by atoms with van der Waals surface area (Å²) >= 11 is 0. The number of hydrogen-bond acceptors (Lipinski definition) is 4. The van der Waals surface area contributed by atoms with Gasteiger partial charge in [-0.1, -0.05) is 12.8 Å². The molecule has 0 aromatic carbocycles. The molecule has 0 saturated heterocycles. The first-order valence-electron chi connectivity index (χ1n) is 5.97. The molecule has 1 aromatic rings. The van der Waals surface area contributed by atoms with Crippen LogP contribution in [0.4, 0.5) is 5.82 Å². The van der Waals surface area contributed by atoms with E-state index in [-0.39, 0.29) is 11.4 Å². The van der Waals surface area contributed by atoms with Crippen LogP contribution in [0.15, 0.2) is 12.1 Å². The molecule has 0 spiro atoms. The summed E-state index contributed by atoms with van der Waals surface area (Å²) in [7, 11) is 1.77. The summed E-state index contributed by atoms with van der Waals surface area (Å²) in [6, 6.07) is 3.44. The molecule has 2 rings (SSSR count). The van der Waals surface area contributed by atoms with Crippen LogP contribution >= 0.6 is 0 Å². The molecule has 0 atom stereocenters. The maximum absolute atomic E-state index is 12.0. The van der Waals surface area contributed by atoms with Crippen molar-refractivity contribution in [2.45, 2.75) is 38.1 Å². The van der Waals surface area contributed by atoms with E-state index in [9.17, 15) is 4.79 Å². The molecule has 1 aliphatic carbocycles. The Kier molecular flexibility index (Phi) is 3.26. The molecule has 1 amide bonds. The SMILES string of the molecule is CNc1ccc(C(=O)NC2(C)CCCC2)nn1. The van der Waals surface area contributed by atoms with Gasteiger partial charge in [-0.15, -0.1) is 10.2 Å². The van der Waals surface area contributed by atoms with Gasteiger partial charge in [0.1, 0.15) is 5.82 Å². The number of carbonyl (C=O) groups is 1. The van der Waals surface area contributed by atoms with E-state index in [0.717, 1.165) is 12.8 Å². The minimum Gasteiger partial charge on any atom is -0.372 e. The fraction of sp³-hybridized carbons (Fsp3) is 0.583. The van der Waals surface area contributed by atoms with Gasteiger partial charge in [-0.05, 0) is 31.9 Å². The zero-order valence-corrected chi connectivity index (χ0v) is 10.3. The molecule has 1 saturated carbocycles. The van der Waals surface area contributed by atoms with Crippen LogP contribution in [0.2, 0.25) is 0 Å². The van der Waals surface area contributed by atoms with Gasteiger partial charge in [0.15, 0.2) is 5.69 Å². The summed E-state index contributed by atoms with van der Waals surface area (Å²) in [5.41, 5.74) is 0.303. The molecule has 0 aliphatic heterocycles. The summed E-state index contributed by atoms with van der Waals surface area (Å²) in [4.78, 5) is 12.0. The van der Waals surface area contributed by atoms with Crippen molar-refractivity contribution in [3.8, 4) is 0 Å². The lowest BCUT2D eigenvalue weighted by molar-refractivity contribution is 0.0902. The second kappa shape index (κ2) is 4.69. The second-order valence-corrected chi connectivity index (χ2v) is 4.78. The van der Waals surface area contributed by atoms with E-state index in [4.69, 9.17) is 0 Å². The Morgan fingerprint density at radius 2 is 2.00 bits per heavy atom. The normalized spacial score (nSPS) is 17.8. The van der Waals surface area contributed by atoms with Gasteiger partial charge < -0.3 is 10.6 Å². The lowest BCUT2D eigenvalue weighted by atomic mass is 10.0. The second-order valence-electron chi connectivity index (χ2n) is 4.78. The highest BCUT2D eigenvalue weighted by atomic mass is 16.2. The van der Waals surface area contributed by atoms with Gasteiger partial charge in [0.2, 0.25) is 0 Å². The average Bonchev–Trinajstić information content (AvgIpc) is 2.76. The Labute approximate surface area is 101 Å². The van der Waals surface area contributed by atoms with Crippen LogP contribution in [0.25, 0.3) is 0 Å². The van der Waals surface area contributed by atoms with Gasteiger partial charge in [-0.25, -0.2) is 0 Å². The number of aromatic nitrogens is 2. The zero-order valence-electron chi connectivity index (χ0n) is 10.3. The monoisotopic (exact) mass is 234 g/mol. The van der Waals surface area contributed by atoms with Crippen LogP contribution in [0.5, 0.6) is 0 Å². The van der Waals surface area contributed by atoms with Gasteiger partial charge in [0, 0.05) is 12.6 Å². The van der Waals surface area contributed by atoms with Crippen molar-refractivity contribution >= 4 is 11.7 Å². The first-order chi connectivity index (χ1) is 8.13. The maximum atomic E-state index is 12.0. The van der Waals surface area contributed by atoms with Crippen LogP contribution < -0.4 is 10.6 Å². The predicted octanol–water partition coefficient (Wildman–Crippen LogP) is 1.58. The number of rotatable bonds is 3. The van der Waals surface area contributed by atoms with Crippen LogP contribution in [-0.4, -0.2) is 28.7 Å². The third-order valence-electron chi connectivity index (χ3n) is 3.28. The van der Waals surface area contributed by atoms with E-state index >= 15 is 0 Å². The molecule has 1 aromatic heterocycles. The lowest BCUT2D eigenvalue weighted by Crippen LogP contribution is -2.43. The van der Waals surface area contributed by atoms with E-state index in [1.54, 1.807) is 19.2 Å². The summed E-state index contributed by atoms with van der Waals surface area (Å²) in [6.07, 6.45) is 4.45. The fourth-order valence-corrected chi connectivity index (χ4v) is 2.21. The van der Waals surface area contributed by atoms with E-state index in [2.05, 4.69) is 27.8 Å². The number of carbonyl (C=O) groups excluding carboxylic acids is 1. The number of amides is 1. The molecule has 5 nitrogen and oxygen atoms in total. The van der Waals surface area contributed by atoms with Crippen LogP contribution in [0.3, 0.4) is 0 Å². The molecule has 0 unspecified atom stereocenters. The highest BCUT2D eigenvalue weighted by Gasteiger charge is 2.30. The number of anilines is 1. The molecule has 1 fully saturated rings. The van der Waals surface area contributed by atoms with Crippen LogP contribution in [0.1, 0.15) is 43.1 Å². The van der Waals surface area contributed by atoms with Crippen molar-refractivity contribution in [1.82, 2.24) is 15.5 Å². The average molecular weight is 234 g/mol. The lowest BCUT2D eigenvalue weighted by Gasteiger charge is -2.24. The van der Waals surface area contributed by atoms with Crippen LogP contribution in [-0.2, 0) is 0 Å². The number of hydrogen-bond donors (Lipinski definition) is 2. The molecule has 92 valence electrons. The van der Waals surface area contributed by atoms with Crippen molar-refractivity contribution in [3.63, 3.8) is 0 Å². The highest BCUT2D eigenvalue weighted by molar-refractivity contribution is 5.92. The topological polar surface area (TPSA) is 66.9 Å². The molecule has 2 N–H and O–H groups in total. The molecular formula is C12H18N4O. The van der Waals surface area contributed by atoms with Gasteiger partial charge >= 0.3 is 0 Å². The van der Waals surface area contributed by atoms with E-state index in [1.807, 2.05) is 0 Å². The van der Waals surface area contributed by atoms with Gasteiger partial charge in [-0.2, -0.15) is 0 Å². The first-order valence-corrected chi connectivity index (χ1v) is 5.97. The smallest absolute Gasteiger partial charge is 0.272 e. The zero-order chi connectivity index (χ0) is 12.3. The fourth-order valence-electron chi connectivity index (χ4n) is 2.21. The quantitative estimate of drug-likeness (QED) is 0.833. The molecule has 17 heavy (non-hydrogen) atoms. The Hall–Kier alpha value is -1.65. The minimum absolute atomic E-state index is 0.0690. The van der Waals surface area contributed by atoms with Crippen molar-refractivity contribution in [1.29, 1.82) is 0 Å². The van der Waals surface area contributed by atoms with E-state index < -0.39 is 0 Å². The van der Waals surface area contributed by atoms with E-state index in [1.165, 1.54) is 12.8 Å². The number of nitrogens with one attached hydrogen (secondary N) is 2. The highest BCUT2D eigenvalue weighted by Crippen LogP contribution is 2.28. The van der Waals surface area contributed by atoms with Gasteiger partial charge in [0.05, 0.1) is 0 Å². The van der Waals surface area contributed by atoms with Gasteiger partial charge in [-0.3, -0.25) is 4.79 Å². The summed E-state index contributed by atoms with van der Waals surface area (Å²) in [5.74, 6) is 0.526. The predicted molar refractivity (Wildman–Crippen MR) is 65.9 cm³/mol. The van der Waals surface area contributed by atoms with Crippen molar-refractivity contribution in [2.24, 2.45) is 0 Å². The molecule has 0 bridgehead atoms. The first kappa shape index (κ1) is 11.8. The Bertz CT molecular complexity index is 395. The standard InChI is InChI=1S/C12H18N4O/c1-12(7-3-4-8-12)14-11(17)9-5-6-10(13-2)16-15-9/h5-6H,3-4,7-8H2,1-2H3,(H,13,16)(H,14,17). The summed E-state index contributed by atoms with van der Waals surface area (Å²) in [6.45, 7) is 2.09. The van der Waals surface area contributed by atoms with Gasteiger partial charge in [0.25, 0.3) is 5.91 Å². The molecule has 0 radical (unpaired) electrons. The number of nitrogens with zero attached hydrogens (tertiary/aromatic N) is 2. The third kappa shape index (κ3) is 2.72. The molecular weight excluding hydrogens is 216 g/mol. The largest absolute Gasteiger partial charge is 0.372 e. The van der Waals surface area contributed by atoms with Crippen LogP contribution in [0, 0.1) is 0 Å². The minimum atomic E-state index is -0.135. The van der Waals surface area contributed by atoms with E-state index in [0.29, 0.717) is 11.5 Å². The molecule has 5 heteroatoms. The Morgan fingerprint density at radius 3 is 2.53 bits per heavy atom. The van der Waals surface area contributed by atoms with Crippen molar-refractivity contribution in [3.05, 3.63) is 17.8 Å². The third-order valence-corrected chi connectivity index (χ3v) is 3.28.